The summed E-state index contributed by atoms with van der Waals surface area (Å²) in [6.07, 6.45) is 1.14. The van der Waals surface area contributed by atoms with Crippen molar-refractivity contribution in [1.82, 2.24) is 0 Å². The first kappa shape index (κ1) is 24.5. The third kappa shape index (κ3) is 10.9. The lowest BCUT2D eigenvalue weighted by Crippen LogP contribution is -1.80. The summed E-state index contributed by atoms with van der Waals surface area (Å²) in [6.45, 7) is 10.5. The number of rotatable bonds is 2. The Morgan fingerprint density at radius 1 is 0.556 bits per heavy atom. The summed E-state index contributed by atoms with van der Waals surface area (Å²) < 4.78 is 4.97. The second-order valence-electron chi connectivity index (χ2n) is 6.51. The first-order valence-corrected chi connectivity index (χ1v) is 9.14. The number of hydrogen-bond acceptors (Lipinski definition) is 1. The van der Waals surface area contributed by atoms with Crippen LogP contribution in [0.3, 0.4) is 0 Å². The van der Waals surface area contributed by atoms with Crippen LogP contribution in [-0.4, -0.2) is 7.11 Å². The molecule has 146 valence electrons. The summed E-state index contributed by atoms with van der Waals surface area (Å²) in [5, 5.41) is 0. The lowest BCUT2D eigenvalue weighted by atomic mass is 10.1. The minimum Gasteiger partial charge on any atom is -0.497 e. The Balaban J connectivity index is 0.000000369. The number of methoxy groups -OCH3 is 1. The van der Waals surface area contributed by atoms with Crippen LogP contribution in [-0.2, 0) is 6.42 Å². The molecule has 1 heteroatoms. The van der Waals surface area contributed by atoms with Gasteiger partial charge in [-0.3, -0.25) is 0 Å². The molecule has 0 fully saturated rings. The molecule has 0 spiro atoms. The highest BCUT2D eigenvalue weighted by Gasteiger charge is 1.86. The van der Waals surface area contributed by atoms with Crippen molar-refractivity contribution in [1.29, 1.82) is 0 Å². The molecular formula is C26H36O. The number of ether oxygens (including phenoxy) is 1. The summed E-state index contributed by atoms with van der Waals surface area (Å²) in [5.74, 6) is 0.917. The smallest absolute Gasteiger partial charge is 0.118 e. The van der Waals surface area contributed by atoms with E-state index in [0.29, 0.717) is 0 Å². The highest BCUT2D eigenvalue weighted by atomic mass is 16.5. The molecule has 27 heavy (non-hydrogen) atoms. The van der Waals surface area contributed by atoms with E-state index < -0.39 is 0 Å². The van der Waals surface area contributed by atoms with Crippen LogP contribution in [0.1, 0.15) is 42.2 Å². The Morgan fingerprint density at radius 2 is 0.852 bits per heavy atom. The molecule has 0 saturated carbocycles. The lowest BCUT2D eigenvalue weighted by molar-refractivity contribution is 0.414. The van der Waals surface area contributed by atoms with E-state index in [-0.39, 0.29) is 7.43 Å². The van der Waals surface area contributed by atoms with Crippen molar-refractivity contribution in [3.05, 3.63) is 101 Å². The van der Waals surface area contributed by atoms with Gasteiger partial charge in [0.05, 0.1) is 7.11 Å². The molecule has 3 aromatic carbocycles. The Hall–Kier alpha value is -2.54. The molecule has 0 unspecified atom stereocenters. The van der Waals surface area contributed by atoms with E-state index in [1.165, 1.54) is 27.8 Å². The summed E-state index contributed by atoms with van der Waals surface area (Å²) in [7, 11) is 1.67. The SMILES string of the molecule is C.CCc1ccc(C)cc1.COc1ccc(C)cc1.Cc1ccc(C)cc1. The van der Waals surface area contributed by atoms with Gasteiger partial charge in [0.1, 0.15) is 5.75 Å². The molecule has 3 rings (SSSR count). The highest BCUT2D eigenvalue weighted by molar-refractivity contribution is 5.26. The van der Waals surface area contributed by atoms with Crippen molar-refractivity contribution < 1.29 is 4.74 Å². The third-order valence-electron chi connectivity index (χ3n) is 4.00. The largest absolute Gasteiger partial charge is 0.497 e. The molecule has 0 aliphatic heterocycles. The van der Waals surface area contributed by atoms with Crippen molar-refractivity contribution in [2.75, 3.05) is 7.11 Å². The third-order valence-corrected chi connectivity index (χ3v) is 4.00. The van der Waals surface area contributed by atoms with Gasteiger partial charge in [0.25, 0.3) is 0 Å². The van der Waals surface area contributed by atoms with Gasteiger partial charge in [-0.05, 0) is 51.8 Å². The van der Waals surface area contributed by atoms with E-state index >= 15 is 0 Å². The van der Waals surface area contributed by atoms with Crippen molar-refractivity contribution >= 4 is 0 Å². The second kappa shape index (κ2) is 13.6. The molecule has 1 nitrogen and oxygen atoms in total. The molecule has 3 aromatic rings. The topological polar surface area (TPSA) is 9.23 Å². The van der Waals surface area contributed by atoms with Gasteiger partial charge < -0.3 is 4.74 Å². The summed E-state index contributed by atoms with van der Waals surface area (Å²) in [4.78, 5) is 0. The Kier molecular flexibility index (Phi) is 12.4. The number of hydrogen-bond donors (Lipinski definition) is 0. The van der Waals surface area contributed by atoms with Crippen LogP contribution in [0, 0.1) is 27.7 Å². The molecule has 0 heterocycles. The van der Waals surface area contributed by atoms with E-state index in [0.717, 1.165) is 12.2 Å². The summed E-state index contributed by atoms with van der Waals surface area (Å²) in [5.41, 5.74) is 6.68. The summed E-state index contributed by atoms with van der Waals surface area (Å²) in [6, 6.07) is 25.1. The molecule has 0 N–H and O–H groups in total. The van der Waals surface area contributed by atoms with E-state index in [4.69, 9.17) is 4.74 Å². The molecule has 0 atom stereocenters. The molecule has 0 saturated heterocycles. The zero-order chi connectivity index (χ0) is 19.4. The van der Waals surface area contributed by atoms with Gasteiger partial charge in [-0.1, -0.05) is 97.3 Å². The maximum Gasteiger partial charge on any atom is 0.118 e. The second-order valence-corrected chi connectivity index (χ2v) is 6.51. The van der Waals surface area contributed by atoms with Crippen molar-refractivity contribution in [2.45, 2.75) is 48.5 Å². The van der Waals surface area contributed by atoms with Crippen LogP contribution >= 0.6 is 0 Å². The molecule has 0 aliphatic carbocycles. The molecule has 0 bridgehead atoms. The maximum absolute atomic E-state index is 4.97. The predicted octanol–water partition coefficient (Wildman–Crippen LogP) is 7.50. The first-order valence-electron chi connectivity index (χ1n) is 9.14. The fourth-order valence-corrected chi connectivity index (χ4v) is 2.14. The van der Waals surface area contributed by atoms with Crippen LogP contribution in [0.25, 0.3) is 0 Å². The van der Waals surface area contributed by atoms with E-state index in [1.54, 1.807) is 7.11 Å². The molecule has 0 amide bonds. The first-order chi connectivity index (χ1) is 12.4. The molecule has 0 aromatic heterocycles. The fraction of sp³-hybridized carbons (Fsp3) is 0.308. The monoisotopic (exact) mass is 364 g/mol. The van der Waals surface area contributed by atoms with Crippen molar-refractivity contribution in [2.24, 2.45) is 0 Å². The fourth-order valence-electron chi connectivity index (χ4n) is 2.14. The average Bonchev–Trinajstić information content (AvgIpc) is 2.66. The van der Waals surface area contributed by atoms with Crippen LogP contribution < -0.4 is 4.74 Å². The maximum atomic E-state index is 4.97. The van der Waals surface area contributed by atoms with Crippen LogP contribution in [0.4, 0.5) is 0 Å². The summed E-state index contributed by atoms with van der Waals surface area (Å²) >= 11 is 0. The minimum atomic E-state index is 0. The van der Waals surface area contributed by atoms with Gasteiger partial charge in [-0.15, -0.1) is 0 Å². The van der Waals surface area contributed by atoms with Gasteiger partial charge in [0.2, 0.25) is 0 Å². The normalized spacial score (nSPS) is 8.96. The van der Waals surface area contributed by atoms with Crippen LogP contribution in [0.5, 0.6) is 5.75 Å². The molecule has 0 aliphatic rings. The quantitative estimate of drug-likeness (QED) is 0.457. The molecule has 0 radical (unpaired) electrons. The Bertz CT molecular complexity index is 656. The highest BCUT2D eigenvalue weighted by Crippen LogP contribution is 2.09. The van der Waals surface area contributed by atoms with Gasteiger partial charge in [-0.2, -0.15) is 0 Å². The van der Waals surface area contributed by atoms with E-state index in [1.807, 2.05) is 24.3 Å². The van der Waals surface area contributed by atoms with Gasteiger partial charge in [0.15, 0.2) is 0 Å². The predicted molar refractivity (Wildman–Crippen MR) is 121 cm³/mol. The standard InChI is InChI=1S/C9H12.C8H10O.C8H10.CH4/c1-3-9-6-4-8(2)5-7-9;1-7-3-5-8(9-2)6-4-7;1-7-3-5-8(2)6-4-7;/h4-7H,3H2,1-2H3;3-6H,1-2H3;3-6H,1-2H3;1H4. The van der Waals surface area contributed by atoms with Gasteiger partial charge in [-0.25, -0.2) is 0 Å². The zero-order valence-corrected chi connectivity index (χ0v) is 17.0. The Morgan fingerprint density at radius 3 is 1.15 bits per heavy atom. The van der Waals surface area contributed by atoms with Gasteiger partial charge >= 0.3 is 0 Å². The number of aryl methyl sites for hydroxylation is 5. The zero-order valence-electron chi connectivity index (χ0n) is 17.0. The van der Waals surface area contributed by atoms with E-state index in [2.05, 4.69) is 83.1 Å². The average molecular weight is 365 g/mol. The minimum absolute atomic E-state index is 0. The van der Waals surface area contributed by atoms with Crippen LogP contribution in [0.2, 0.25) is 0 Å². The van der Waals surface area contributed by atoms with E-state index in [9.17, 15) is 0 Å². The van der Waals surface area contributed by atoms with Crippen molar-refractivity contribution in [3.63, 3.8) is 0 Å². The molecular weight excluding hydrogens is 328 g/mol. The van der Waals surface area contributed by atoms with Gasteiger partial charge in [0, 0.05) is 0 Å². The lowest BCUT2D eigenvalue weighted by Gasteiger charge is -1.97. The van der Waals surface area contributed by atoms with Crippen LogP contribution in [0.15, 0.2) is 72.8 Å². The Labute approximate surface area is 167 Å². The van der Waals surface area contributed by atoms with Crippen molar-refractivity contribution in [3.8, 4) is 5.75 Å². The number of benzene rings is 3.